The standard InChI is InChI=1S/C39H47NO10/c1-24-10-9-13-28(41)12-8-6-7-11-26-20-31(42)36(37(44)35(26)39(45)50-24)30(27-21-32(47-3)38(49-5)33(22-27)48-4)23-34(43)40-19-18-25-14-16-29(46-2)17-15-25/h7,11,14-17,20-22,24,30,42,44H,6,8-10,12-13,18-19,23H2,1-5H3,(H,40,43)/t24-,30?/m0/s1. The lowest BCUT2D eigenvalue weighted by molar-refractivity contribution is -0.121. The molecule has 1 amide bonds. The molecule has 0 aromatic heterocycles. The molecule has 1 unspecified atom stereocenters. The van der Waals surface area contributed by atoms with E-state index in [2.05, 4.69) is 5.32 Å². The van der Waals surface area contributed by atoms with E-state index >= 15 is 0 Å². The van der Waals surface area contributed by atoms with Crippen molar-refractivity contribution in [3.05, 3.63) is 76.4 Å². The molecule has 1 aliphatic heterocycles. The van der Waals surface area contributed by atoms with Crippen LogP contribution in [0.25, 0.3) is 6.08 Å². The molecule has 3 aromatic carbocycles. The molecule has 11 heteroatoms. The van der Waals surface area contributed by atoms with Crippen LogP contribution in [0.1, 0.15) is 90.4 Å². The molecule has 3 N–H and O–H groups in total. The largest absolute Gasteiger partial charge is 0.507 e. The maximum atomic E-state index is 13.7. The number of cyclic esters (lactones) is 1. The normalized spacial score (nSPS) is 16.0. The van der Waals surface area contributed by atoms with E-state index in [4.69, 9.17) is 23.7 Å². The summed E-state index contributed by atoms with van der Waals surface area (Å²) in [5.41, 5.74) is 1.54. The van der Waals surface area contributed by atoms with Crippen LogP contribution >= 0.6 is 0 Å². The van der Waals surface area contributed by atoms with Gasteiger partial charge in [0.15, 0.2) is 11.5 Å². The number of ether oxygens (including phenoxy) is 5. The number of amides is 1. The minimum absolute atomic E-state index is 0.0342. The number of fused-ring (bicyclic) bond motifs is 1. The highest BCUT2D eigenvalue weighted by Crippen LogP contribution is 2.47. The Morgan fingerprint density at radius 3 is 2.26 bits per heavy atom. The molecule has 2 atom stereocenters. The predicted molar refractivity (Wildman–Crippen MR) is 189 cm³/mol. The van der Waals surface area contributed by atoms with Crippen molar-refractivity contribution >= 4 is 23.7 Å². The number of carbonyl (C=O) groups excluding carboxylic acids is 3. The van der Waals surface area contributed by atoms with Crippen molar-refractivity contribution in [2.45, 2.75) is 70.3 Å². The van der Waals surface area contributed by atoms with Crippen LogP contribution in [0.2, 0.25) is 0 Å². The second-order valence-corrected chi connectivity index (χ2v) is 12.2. The molecule has 50 heavy (non-hydrogen) atoms. The molecule has 4 rings (SSSR count). The number of phenolic OH excluding ortho intramolecular Hbond substituents is 2. The molecule has 0 bridgehead atoms. The Morgan fingerprint density at radius 1 is 0.940 bits per heavy atom. The maximum absolute atomic E-state index is 13.7. The number of benzene rings is 3. The zero-order chi connectivity index (χ0) is 36.2. The number of rotatable bonds is 11. The highest BCUT2D eigenvalue weighted by molar-refractivity contribution is 5.98. The molecular formula is C39H47NO10. The first-order chi connectivity index (χ1) is 24.1. The summed E-state index contributed by atoms with van der Waals surface area (Å²) in [7, 11) is 5.99. The molecule has 0 saturated heterocycles. The minimum Gasteiger partial charge on any atom is -0.507 e. The number of carbonyl (C=O) groups is 3. The third-order valence-electron chi connectivity index (χ3n) is 8.77. The van der Waals surface area contributed by atoms with Crippen LogP contribution in [0.5, 0.6) is 34.5 Å². The third kappa shape index (κ3) is 9.49. The van der Waals surface area contributed by atoms with Gasteiger partial charge >= 0.3 is 5.97 Å². The summed E-state index contributed by atoms with van der Waals surface area (Å²) >= 11 is 0. The van der Waals surface area contributed by atoms with Crippen LogP contribution in [0.3, 0.4) is 0 Å². The van der Waals surface area contributed by atoms with Gasteiger partial charge in [-0.2, -0.15) is 0 Å². The predicted octanol–water partition coefficient (Wildman–Crippen LogP) is 6.49. The van der Waals surface area contributed by atoms with E-state index in [9.17, 15) is 24.6 Å². The van der Waals surface area contributed by atoms with Gasteiger partial charge in [0.2, 0.25) is 11.7 Å². The van der Waals surface area contributed by atoms with Crippen molar-refractivity contribution in [1.82, 2.24) is 5.32 Å². The lowest BCUT2D eigenvalue weighted by atomic mass is 9.84. The van der Waals surface area contributed by atoms with Crippen molar-refractivity contribution in [1.29, 1.82) is 0 Å². The van der Waals surface area contributed by atoms with Crippen molar-refractivity contribution in [2.24, 2.45) is 0 Å². The molecule has 0 radical (unpaired) electrons. The maximum Gasteiger partial charge on any atom is 0.342 e. The Kier molecular flexibility index (Phi) is 13.5. The molecule has 0 fully saturated rings. The summed E-state index contributed by atoms with van der Waals surface area (Å²) in [4.78, 5) is 39.5. The van der Waals surface area contributed by atoms with Gasteiger partial charge in [0.05, 0.1) is 34.5 Å². The van der Waals surface area contributed by atoms with Gasteiger partial charge in [0.25, 0.3) is 0 Å². The summed E-state index contributed by atoms with van der Waals surface area (Å²) < 4.78 is 27.6. The number of hydrogen-bond acceptors (Lipinski definition) is 10. The van der Waals surface area contributed by atoms with E-state index in [0.29, 0.717) is 74.3 Å². The van der Waals surface area contributed by atoms with Crippen LogP contribution in [-0.2, 0) is 20.7 Å². The number of hydrogen-bond donors (Lipinski definition) is 3. The number of allylic oxidation sites excluding steroid dienone is 1. The lowest BCUT2D eigenvalue weighted by Gasteiger charge is -2.24. The first-order valence-electron chi connectivity index (χ1n) is 16.8. The number of esters is 1. The second-order valence-electron chi connectivity index (χ2n) is 12.2. The fraction of sp³-hybridized carbons (Fsp3) is 0.410. The highest BCUT2D eigenvalue weighted by atomic mass is 16.5. The van der Waals surface area contributed by atoms with Gasteiger partial charge in [0.1, 0.15) is 28.6 Å². The molecule has 1 heterocycles. The van der Waals surface area contributed by atoms with Crippen LogP contribution < -0.4 is 24.3 Å². The molecular weight excluding hydrogens is 642 g/mol. The number of ketones is 1. The van der Waals surface area contributed by atoms with Crippen molar-refractivity contribution in [3.63, 3.8) is 0 Å². The molecule has 1 aliphatic rings. The van der Waals surface area contributed by atoms with E-state index < -0.39 is 23.7 Å². The number of phenols is 2. The summed E-state index contributed by atoms with van der Waals surface area (Å²) in [6.45, 7) is 2.06. The first-order valence-corrected chi connectivity index (χ1v) is 16.8. The van der Waals surface area contributed by atoms with Crippen LogP contribution in [-0.4, -0.2) is 69.0 Å². The number of Topliss-reactive ketones (excluding diaryl/α,β-unsaturated/α-hetero) is 1. The Morgan fingerprint density at radius 2 is 1.62 bits per heavy atom. The second kappa shape index (κ2) is 18.0. The first kappa shape index (κ1) is 37.6. The topological polar surface area (TPSA) is 150 Å². The number of aromatic hydroxyl groups is 2. The zero-order valence-corrected chi connectivity index (χ0v) is 29.4. The van der Waals surface area contributed by atoms with E-state index in [0.717, 1.165) is 11.3 Å². The van der Waals surface area contributed by atoms with Gasteiger partial charge < -0.3 is 39.2 Å². The van der Waals surface area contributed by atoms with Crippen LogP contribution in [0.15, 0.2) is 48.5 Å². The Hall–Kier alpha value is -5.19. The Balaban J connectivity index is 1.78. The quantitative estimate of drug-likeness (QED) is 0.191. The van der Waals surface area contributed by atoms with Gasteiger partial charge in [-0.25, -0.2) is 4.79 Å². The van der Waals surface area contributed by atoms with Crippen molar-refractivity contribution < 1.29 is 48.3 Å². The summed E-state index contributed by atoms with van der Waals surface area (Å²) in [6, 6.07) is 12.2. The average Bonchev–Trinajstić information content (AvgIpc) is 3.10. The van der Waals surface area contributed by atoms with E-state index in [1.165, 1.54) is 27.4 Å². The highest BCUT2D eigenvalue weighted by Gasteiger charge is 2.32. The van der Waals surface area contributed by atoms with E-state index in [-0.39, 0.29) is 40.6 Å². The third-order valence-corrected chi connectivity index (χ3v) is 8.77. The summed E-state index contributed by atoms with van der Waals surface area (Å²) in [5, 5.41) is 26.4. The van der Waals surface area contributed by atoms with E-state index in [1.54, 1.807) is 38.3 Å². The van der Waals surface area contributed by atoms with Gasteiger partial charge in [-0.1, -0.05) is 24.3 Å². The van der Waals surface area contributed by atoms with Crippen molar-refractivity contribution in [3.8, 4) is 34.5 Å². The zero-order valence-electron chi connectivity index (χ0n) is 29.4. The monoisotopic (exact) mass is 689 g/mol. The fourth-order valence-electron chi connectivity index (χ4n) is 6.10. The Labute approximate surface area is 293 Å². The molecule has 3 aromatic rings. The van der Waals surface area contributed by atoms with E-state index in [1.807, 2.05) is 24.3 Å². The van der Waals surface area contributed by atoms with Crippen LogP contribution in [0.4, 0.5) is 0 Å². The SMILES string of the molecule is COc1ccc(CCNC(=O)CC(c2cc(OC)c(OC)c(OC)c2)c2c(O)cc3c(c2O)C(=O)O[C@@H](C)CCCC(=O)CCCC=C3)cc1. The van der Waals surface area contributed by atoms with Gasteiger partial charge in [-0.15, -0.1) is 0 Å². The summed E-state index contributed by atoms with van der Waals surface area (Å²) in [6.07, 6.45) is 6.32. The number of methoxy groups -OCH3 is 4. The molecule has 0 aliphatic carbocycles. The Bertz CT molecular complexity index is 1660. The van der Waals surface area contributed by atoms with Gasteiger partial charge in [-0.05, 0) is 86.1 Å². The molecule has 0 spiro atoms. The molecule has 0 saturated carbocycles. The fourth-order valence-corrected chi connectivity index (χ4v) is 6.10. The van der Waals surface area contributed by atoms with Gasteiger partial charge in [0, 0.05) is 37.3 Å². The summed E-state index contributed by atoms with van der Waals surface area (Å²) in [5.74, 6) is -1.12. The molecule has 11 nitrogen and oxygen atoms in total. The van der Waals surface area contributed by atoms with Crippen LogP contribution in [0, 0.1) is 0 Å². The number of nitrogens with one attached hydrogen (secondary N) is 1. The van der Waals surface area contributed by atoms with Crippen molar-refractivity contribution in [2.75, 3.05) is 35.0 Å². The minimum atomic E-state index is -0.969. The average molecular weight is 690 g/mol. The smallest absolute Gasteiger partial charge is 0.342 e. The van der Waals surface area contributed by atoms with Gasteiger partial charge in [-0.3, -0.25) is 9.59 Å². The molecule has 268 valence electrons. The lowest BCUT2D eigenvalue weighted by Crippen LogP contribution is -2.27.